The van der Waals surface area contributed by atoms with Crippen molar-refractivity contribution in [3.63, 3.8) is 0 Å². The molecule has 4 aromatic heterocycles. The van der Waals surface area contributed by atoms with E-state index in [1.54, 1.807) is 17.5 Å². The zero-order chi connectivity index (χ0) is 24.7. The normalized spacial score (nSPS) is 11.1. The Morgan fingerprint density at radius 2 is 1.91 bits per heavy atom. The predicted molar refractivity (Wildman–Crippen MR) is 122 cm³/mol. The number of rotatable bonds is 6. The third-order valence-electron chi connectivity index (χ3n) is 4.67. The van der Waals surface area contributed by atoms with Gasteiger partial charge in [-0.05, 0) is 36.8 Å². The highest BCUT2D eigenvalue weighted by molar-refractivity contribution is 7.09. The summed E-state index contributed by atoms with van der Waals surface area (Å²) in [6.45, 7) is 2.64. The van der Waals surface area contributed by atoms with Crippen LogP contribution in [0.3, 0.4) is 0 Å². The number of hydrogen-bond donors (Lipinski definition) is 2. The molecule has 11 heteroatoms. The number of nitrogens with one attached hydrogen (secondary N) is 1. The fourth-order valence-corrected chi connectivity index (χ4v) is 3.81. The number of alkyl halides is 3. The van der Waals surface area contributed by atoms with Gasteiger partial charge in [-0.1, -0.05) is 19.1 Å². The van der Waals surface area contributed by atoms with E-state index in [0.29, 0.717) is 18.5 Å². The largest absolute Gasteiger partial charge is 0.490 e. The van der Waals surface area contributed by atoms with Gasteiger partial charge in [-0.15, -0.1) is 11.3 Å². The molecule has 0 radical (unpaired) electrons. The third kappa shape index (κ3) is 6.19. The van der Waals surface area contributed by atoms with Crippen molar-refractivity contribution in [2.24, 2.45) is 0 Å². The standard InChI is InChI=1S/C21H20N4OS.C2HF3O2/c1-2-20-24-17(14-27-20)19-13-16(18-8-4-6-12-25(18)19)21(26)23-11-9-15-7-3-5-10-22-15;3-2(4,5)1(6)7/h3-8,10,12-14H,2,9,11H2,1H3,(H,23,26);(H,6,7). The molecule has 4 heterocycles. The van der Waals surface area contributed by atoms with Crippen molar-refractivity contribution in [1.82, 2.24) is 19.7 Å². The topological polar surface area (TPSA) is 96.6 Å². The Bertz CT molecular complexity index is 1270. The van der Waals surface area contributed by atoms with Gasteiger partial charge in [0.15, 0.2) is 0 Å². The number of carbonyl (C=O) groups excluding carboxylic acids is 1. The van der Waals surface area contributed by atoms with Gasteiger partial charge in [0, 0.05) is 36.4 Å². The number of aryl methyl sites for hydroxylation is 1. The summed E-state index contributed by atoms with van der Waals surface area (Å²) in [6.07, 6.45) is 0.273. The first-order valence-electron chi connectivity index (χ1n) is 10.2. The summed E-state index contributed by atoms with van der Waals surface area (Å²) in [7, 11) is 0. The summed E-state index contributed by atoms with van der Waals surface area (Å²) in [4.78, 5) is 30.7. The predicted octanol–water partition coefficient (Wildman–Crippen LogP) is 4.63. The number of thiazole rings is 1. The summed E-state index contributed by atoms with van der Waals surface area (Å²) in [5.74, 6) is -2.83. The maximum atomic E-state index is 12.8. The van der Waals surface area contributed by atoms with Crippen LogP contribution in [0.2, 0.25) is 0 Å². The monoisotopic (exact) mass is 490 g/mol. The summed E-state index contributed by atoms with van der Waals surface area (Å²) in [6, 6.07) is 13.6. The smallest absolute Gasteiger partial charge is 0.475 e. The lowest BCUT2D eigenvalue weighted by Gasteiger charge is -2.04. The van der Waals surface area contributed by atoms with Crippen LogP contribution in [0.25, 0.3) is 16.9 Å². The van der Waals surface area contributed by atoms with Crippen LogP contribution in [0.4, 0.5) is 13.2 Å². The minimum Gasteiger partial charge on any atom is -0.475 e. The molecule has 7 nitrogen and oxygen atoms in total. The van der Waals surface area contributed by atoms with E-state index >= 15 is 0 Å². The second-order valence-corrected chi connectivity index (χ2v) is 7.95. The van der Waals surface area contributed by atoms with Gasteiger partial charge in [0.2, 0.25) is 0 Å². The number of aliphatic carboxylic acids is 1. The summed E-state index contributed by atoms with van der Waals surface area (Å²) < 4.78 is 33.8. The summed E-state index contributed by atoms with van der Waals surface area (Å²) in [5, 5.41) is 13.3. The number of nitrogens with zero attached hydrogens (tertiary/aromatic N) is 3. The number of halogens is 3. The van der Waals surface area contributed by atoms with Crippen LogP contribution in [-0.4, -0.2) is 44.1 Å². The number of pyridine rings is 2. The molecule has 1 amide bonds. The molecule has 0 aromatic carbocycles. The van der Waals surface area contributed by atoms with Crippen molar-refractivity contribution in [2.45, 2.75) is 25.9 Å². The molecule has 0 bridgehead atoms. The van der Waals surface area contributed by atoms with Crippen molar-refractivity contribution in [3.8, 4) is 11.4 Å². The lowest BCUT2D eigenvalue weighted by molar-refractivity contribution is -0.192. The molecule has 0 aliphatic heterocycles. The molecule has 0 aliphatic rings. The van der Waals surface area contributed by atoms with Gasteiger partial charge in [-0.25, -0.2) is 9.78 Å². The van der Waals surface area contributed by atoms with Crippen LogP contribution in [0, 0.1) is 0 Å². The number of carboxylic acid groups (broad SMARTS) is 1. The average Bonchev–Trinajstić information content (AvgIpc) is 3.44. The van der Waals surface area contributed by atoms with Crippen LogP contribution in [0.15, 0.2) is 60.2 Å². The minimum atomic E-state index is -5.08. The Morgan fingerprint density at radius 1 is 1.18 bits per heavy atom. The van der Waals surface area contributed by atoms with E-state index in [1.807, 2.05) is 53.1 Å². The molecule has 2 N–H and O–H groups in total. The van der Waals surface area contributed by atoms with Gasteiger partial charge in [0.1, 0.15) is 0 Å². The second kappa shape index (κ2) is 10.9. The van der Waals surface area contributed by atoms with Crippen molar-refractivity contribution in [1.29, 1.82) is 0 Å². The van der Waals surface area contributed by atoms with E-state index in [2.05, 4.69) is 27.6 Å². The quantitative estimate of drug-likeness (QED) is 0.411. The van der Waals surface area contributed by atoms with Gasteiger partial charge in [0.25, 0.3) is 5.91 Å². The van der Waals surface area contributed by atoms with E-state index in [1.165, 1.54) is 0 Å². The molecule has 0 saturated heterocycles. The fourth-order valence-electron chi connectivity index (χ4n) is 3.07. The first-order valence-corrected chi connectivity index (χ1v) is 11.1. The Morgan fingerprint density at radius 3 is 2.53 bits per heavy atom. The molecule has 4 aromatic rings. The molecule has 34 heavy (non-hydrogen) atoms. The van der Waals surface area contributed by atoms with Crippen molar-refractivity contribution in [2.75, 3.05) is 6.54 Å². The number of carboxylic acids is 1. The molecule has 0 spiro atoms. The number of hydrogen-bond acceptors (Lipinski definition) is 5. The van der Waals surface area contributed by atoms with Crippen LogP contribution in [0.5, 0.6) is 0 Å². The van der Waals surface area contributed by atoms with Crippen LogP contribution < -0.4 is 5.32 Å². The molecular weight excluding hydrogens is 469 g/mol. The molecule has 0 saturated carbocycles. The zero-order valence-electron chi connectivity index (χ0n) is 18.0. The highest BCUT2D eigenvalue weighted by Gasteiger charge is 2.38. The Labute approximate surface area is 196 Å². The third-order valence-corrected chi connectivity index (χ3v) is 5.67. The van der Waals surface area contributed by atoms with Crippen molar-refractivity contribution < 1.29 is 27.9 Å². The lowest BCUT2D eigenvalue weighted by atomic mass is 10.2. The summed E-state index contributed by atoms with van der Waals surface area (Å²) in [5.41, 5.74) is 4.36. The number of aromatic nitrogens is 3. The Hall–Kier alpha value is -3.73. The number of carbonyl (C=O) groups is 2. The molecule has 0 aliphatic carbocycles. The highest BCUT2D eigenvalue weighted by atomic mass is 32.1. The molecule has 4 rings (SSSR count). The van der Waals surface area contributed by atoms with Gasteiger partial charge in [0.05, 0.1) is 27.5 Å². The van der Waals surface area contributed by atoms with Crippen LogP contribution in [-0.2, 0) is 17.6 Å². The van der Waals surface area contributed by atoms with Gasteiger partial charge in [-0.3, -0.25) is 9.78 Å². The zero-order valence-corrected chi connectivity index (χ0v) is 18.9. The molecule has 0 atom stereocenters. The first-order chi connectivity index (χ1) is 16.2. The van der Waals surface area contributed by atoms with E-state index < -0.39 is 12.1 Å². The maximum absolute atomic E-state index is 12.8. The summed E-state index contributed by atoms with van der Waals surface area (Å²) >= 11 is 1.65. The van der Waals surface area contributed by atoms with Gasteiger partial charge < -0.3 is 14.8 Å². The maximum Gasteiger partial charge on any atom is 0.490 e. The fraction of sp³-hybridized carbons (Fsp3) is 0.217. The Balaban J connectivity index is 0.000000406. The van der Waals surface area contributed by atoms with Crippen LogP contribution in [0.1, 0.15) is 28.0 Å². The van der Waals surface area contributed by atoms with E-state index in [0.717, 1.165) is 34.0 Å². The Kier molecular flexibility index (Phi) is 8.00. The van der Waals surface area contributed by atoms with Crippen LogP contribution >= 0.6 is 11.3 Å². The molecule has 0 unspecified atom stereocenters. The highest BCUT2D eigenvalue weighted by Crippen LogP contribution is 2.27. The first kappa shape index (κ1) is 24.9. The number of fused-ring (bicyclic) bond motifs is 1. The molecular formula is C23H21F3N4O3S. The second-order valence-electron chi connectivity index (χ2n) is 7.01. The van der Waals surface area contributed by atoms with E-state index in [4.69, 9.17) is 9.90 Å². The van der Waals surface area contributed by atoms with Gasteiger partial charge in [-0.2, -0.15) is 13.2 Å². The SMILES string of the molecule is CCc1nc(-c2cc(C(=O)NCCc3ccccn3)c3ccccn23)cs1.O=C(O)C(F)(F)F. The number of amides is 1. The van der Waals surface area contributed by atoms with Crippen molar-refractivity contribution >= 4 is 28.7 Å². The average molecular weight is 491 g/mol. The van der Waals surface area contributed by atoms with Gasteiger partial charge >= 0.3 is 12.1 Å². The molecule has 0 fully saturated rings. The minimum absolute atomic E-state index is 0.0770. The lowest BCUT2D eigenvalue weighted by Crippen LogP contribution is -2.25. The molecule has 178 valence electrons. The van der Waals surface area contributed by atoms with Crippen molar-refractivity contribution in [3.05, 3.63) is 76.5 Å². The van der Waals surface area contributed by atoms with E-state index in [9.17, 15) is 18.0 Å². The van der Waals surface area contributed by atoms with E-state index in [-0.39, 0.29) is 5.91 Å².